The first kappa shape index (κ1) is 28.6. The molecule has 6 N–H and O–H groups in total. The van der Waals surface area contributed by atoms with E-state index in [1.165, 1.54) is 29.0 Å². The first-order chi connectivity index (χ1) is 19.4. The van der Waals surface area contributed by atoms with Crippen LogP contribution in [0.25, 0.3) is 11.0 Å². The van der Waals surface area contributed by atoms with E-state index in [2.05, 4.69) is 14.7 Å². The first-order valence-corrected chi connectivity index (χ1v) is 15.7. The Balaban J connectivity index is 1.60. The third kappa shape index (κ3) is 5.64. The highest BCUT2D eigenvalue weighted by atomic mass is 32.3. The van der Waals surface area contributed by atoms with Crippen LogP contribution in [0.5, 0.6) is 5.75 Å². The van der Waals surface area contributed by atoms with E-state index in [-0.39, 0.29) is 40.1 Å². The lowest BCUT2D eigenvalue weighted by atomic mass is 10.1. The molecule has 0 atom stereocenters. The Morgan fingerprint density at radius 3 is 2.51 bits per heavy atom. The van der Waals surface area contributed by atoms with Crippen molar-refractivity contribution in [2.24, 2.45) is 15.5 Å². The van der Waals surface area contributed by atoms with Gasteiger partial charge in [0.1, 0.15) is 21.9 Å². The zero-order valence-electron chi connectivity index (χ0n) is 22.3. The third-order valence-corrected chi connectivity index (χ3v) is 8.98. The number of aromatic hydroxyl groups is 1. The molecule has 2 aromatic heterocycles. The number of fused-ring (bicyclic) bond motifs is 2. The van der Waals surface area contributed by atoms with E-state index in [0.717, 1.165) is 4.31 Å². The van der Waals surface area contributed by atoms with Crippen LogP contribution >= 0.6 is 10.8 Å². The number of hydrogen-bond acceptors (Lipinski definition) is 9. The Labute approximate surface area is 238 Å². The summed E-state index contributed by atoms with van der Waals surface area (Å²) in [6.07, 6.45) is 2.19. The summed E-state index contributed by atoms with van der Waals surface area (Å²) in [5.74, 6) is -0.344. The molecular formula is C27H30N6O6S2. The van der Waals surface area contributed by atoms with E-state index in [4.69, 9.17) is 5.14 Å². The van der Waals surface area contributed by atoms with Crippen LogP contribution in [0.2, 0.25) is 0 Å². The van der Waals surface area contributed by atoms with Crippen molar-refractivity contribution in [3.8, 4) is 5.75 Å². The number of hydrogen-bond donors (Lipinski definition) is 5. The molecule has 0 bridgehead atoms. The van der Waals surface area contributed by atoms with Gasteiger partial charge in [-0.1, -0.05) is 55.0 Å². The maximum atomic E-state index is 13.7. The molecule has 2 aromatic carbocycles. The topological polar surface area (TPSA) is 183 Å². The molecule has 0 fully saturated rings. The van der Waals surface area contributed by atoms with Crippen LogP contribution < -0.4 is 20.3 Å². The van der Waals surface area contributed by atoms with Crippen LogP contribution in [0.1, 0.15) is 31.4 Å². The standard InChI is InChI=1S/C27H30N6O6S2/c1-17(2)12-14-32-26-20(9-6-13-29-26)24(34)23(27(32)35)25-30-21-11-10-19(15-22(21)40(36,37)31-25)33(41(28,38)39)16-18-7-4-3-5-8-18/h3-11,13,15,17,34,36-37H,12,14,16H2,1-2H3,(H,30,31)(H2,28,38,39). The summed E-state index contributed by atoms with van der Waals surface area (Å²) in [5, 5.41) is 19.9. The number of aromatic nitrogens is 2. The van der Waals surface area contributed by atoms with Gasteiger partial charge in [0.15, 0.2) is 5.84 Å². The van der Waals surface area contributed by atoms with Gasteiger partial charge in [0.25, 0.3) is 15.8 Å². The average molecular weight is 599 g/mol. The van der Waals surface area contributed by atoms with Crippen molar-refractivity contribution in [2.75, 3.05) is 9.62 Å². The molecule has 1 aliphatic heterocycles. The summed E-state index contributed by atoms with van der Waals surface area (Å²) in [6, 6.07) is 16.2. The lowest BCUT2D eigenvalue weighted by Crippen LogP contribution is -2.36. The van der Waals surface area contributed by atoms with Crippen LogP contribution in [-0.2, 0) is 23.3 Å². The number of aryl methyl sites for hydroxylation is 1. The largest absolute Gasteiger partial charge is 0.506 e. The molecule has 4 aromatic rings. The molecule has 0 saturated heterocycles. The lowest BCUT2D eigenvalue weighted by Gasteiger charge is -2.35. The average Bonchev–Trinajstić information content (AvgIpc) is 2.91. The van der Waals surface area contributed by atoms with Crippen LogP contribution in [-0.4, -0.2) is 38.0 Å². The molecule has 0 spiro atoms. The van der Waals surface area contributed by atoms with Gasteiger partial charge in [-0.25, -0.2) is 10.1 Å². The minimum Gasteiger partial charge on any atom is -0.506 e. The van der Waals surface area contributed by atoms with Gasteiger partial charge in [-0.05, 0) is 48.2 Å². The number of pyridine rings is 2. The van der Waals surface area contributed by atoms with E-state index in [0.29, 0.717) is 29.6 Å². The van der Waals surface area contributed by atoms with Gasteiger partial charge in [-0.2, -0.15) is 8.42 Å². The first-order valence-electron chi connectivity index (χ1n) is 12.7. The predicted molar refractivity (Wildman–Crippen MR) is 161 cm³/mol. The molecule has 0 radical (unpaired) electrons. The van der Waals surface area contributed by atoms with Crippen molar-refractivity contribution in [2.45, 2.75) is 38.3 Å². The third-order valence-electron chi connectivity index (χ3n) is 6.66. The molecule has 0 unspecified atom stereocenters. The van der Waals surface area contributed by atoms with Gasteiger partial charge in [0, 0.05) is 12.7 Å². The smallest absolute Gasteiger partial charge is 0.299 e. The van der Waals surface area contributed by atoms with E-state index in [1.807, 2.05) is 13.8 Å². The summed E-state index contributed by atoms with van der Waals surface area (Å²) < 4.78 is 53.6. The van der Waals surface area contributed by atoms with Crippen LogP contribution in [0.3, 0.4) is 0 Å². The molecule has 1 aliphatic rings. The van der Waals surface area contributed by atoms with Gasteiger partial charge in [-0.15, -0.1) is 4.40 Å². The van der Waals surface area contributed by atoms with Gasteiger partial charge < -0.3 is 10.4 Å². The number of nitrogens with zero attached hydrogens (tertiary/aromatic N) is 4. The fourth-order valence-electron chi connectivity index (χ4n) is 4.58. The molecule has 14 heteroatoms. The van der Waals surface area contributed by atoms with Crippen molar-refractivity contribution >= 4 is 49.2 Å². The zero-order valence-corrected chi connectivity index (χ0v) is 23.9. The van der Waals surface area contributed by atoms with E-state index < -0.39 is 32.3 Å². The maximum absolute atomic E-state index is 13.7. The number of amidine groups is 1. The summed E-state index contributed by atoms with van der Waals surface area (Å²) >= 11 is 0. The minimum absolute atomic E-state index is 0.0888. The second kappa shape index (κ2) is 10.8. The Bertz CT molecular complexity index is 1820. The fourth-order valence-corrected chi connectivity index (χ4v) is 6.50. The normalized spacial score (nSPS) is 15.2. The minimum atomic E-state index is -4.24. The quantitative estimate of drug-likeness (QED) is 0.199. The molecule has 216 valence electrons. The summed E-state index contributed by atoms with van der Waals surface area (Å²) in [4.78, 5) is 17.9. The molecule has 5 rings (SSSR count). The van der Waals surface area contributed by atoms with Gasteiger partial charge in [-0.3, -0.25) is 22.8 Å². The van der Waals surface area contributed by atoms with E-state index in [9.17, 15) is 27.4 Å². The second-order valence-electron chi connectivity index (χ2n) is 10.0. The SMILES string of the molecule is CC(C)CCn1c(=O)c(C2=NS(O)(O)c3cc(N(Cc4ccccc4)S(N)(=O)=O)ccc3N2)c(O)c2cccnc21. The highest BCUT2D eigenvalue weighted by molar-refractivity contribution is 8.23. The monoisotopic (exact) mass is 598 g/mol. The zero-order chi connectivity index (χ0) is 29.5. The fraction of sp³-hybridized carbons (Fsp3) is 0.222. The number of nitrogens with one attached hydrogen (secondary N) is 1. The molecule has 3 heterocycles. The predicted octanol–water partition coefficient (Wildman–Crippen LogP) is 4.26. The van der Waals surface area contributed by atoms with Crippen molar-refractivity contribution in [1.29, 1.82) is 0 Å². The van der Waals surface area contributed by atoms with Crippen molar-refractivity contribution < 1.29 is 22.6 Å². The summed E-state index contributed by atoms with van der Waals surface area (Å²) in [7, 11) is -8.19. The Morgan fingerprint density at radius 1 is 1.10 bits per heavy atom. The van der Waals surface area contributed by atoms with Crippen molar-refractivity contribution in [1.82, 2.24) is 9.55 Å². The van der Waals surface area contributed by atoms with Gasteiger partial charge in [0.2, 0.25) is 0 Å². The van der Waals surface area contributed by atoms with Crippen molar-refractivity contribution in [3.05, 3.63) is 88.3 Å². The van der Waals surface area contributed by atoms with Crippen LogP contribution in [0.15, 0.2) is 80.9 Å². The van der Waals surface area contributed by atoms with Crippen LogP contribution in [0.4, 0.5) is 11.4 Å². The lowest BCUT2D eigenvalue weighted by molar-refractivity contribution is 0.473. The highest BCUT2D eigenvalue weighted by Gasteiger charge is 2.32. The molecular weight excluding hydrogens is 568 g/mol. The summed E-state index contributed by atoms with van der Waals surface area (Å²) in [5.41, 5.74) is 0.393. The highest BCUT2D eigenvalue weighted by Crippen LogP contribution is 2.56. The number of benzene rings is 2. The van der Waals surface area contributed by atoms with E-state index in [1.54, 1.807) is 42.5 Å². The molecule has 0 aliphatic carbocycles. The number of anilines is 2. The molecule has 41 heavy (non-hydrogen) atoms. The van der Waals surface area contributed by atoms with Gasteiger partial charge in [0.05, 0.1) is 23.3 Å². The number of nitrogens with two attached hydrogens (primary N) is 1. The molecule has 0 saturated carbocycles. The van der Waals surface area contributed by atoms with Gasteiger partial charge >= 0.3 is 0 Å². The Kier molecular flexibility index (Phi) is 7.52. The van der Waals surface area contributed by atoms with Crippen molar-refractivity contribution in [3.63, 3.8) is 0 Å². The maximum Gasteiger partial charge on any atom is 0.299 e. The summed E-state index contributed by atoms with van der Waals surface area (Å²) in [6.45, 7) is 4.28. The second-order valence-corrected chi connectivity index (χ2v) is 13.2. The van der Waals surface area contributed by atoms with Crippen LogP contribution in [0, 0.1) is 5.92 Å². The Hall–Kier alpha value is -3.95. The molecule has 0 amide bonds. The number of rotatable bonds is 8. The Morgan fingerprint density at radius 2 is 1.83 bits per heavy atom. The molecule has 12 nitrogen and oxygen atoms in total. The van der Waals surface area contributed by atoms with E-state index >= 15 is 0 Å².